The number of hydrogen-bond donors (Lipinski definition) is 2. The molecule has 4 rings (SSSR count). The Labute approximate surface area is 184 Å². The third-order valence-corrected chi connectivity index (χ3v) is 6.92. The molecule has 0 aromatic heterocycles. The zero-order chi connectivity index (χ0) is 22.2. The van der Waals surface area contributed by atoms with Gasteiger partial charge in [-0.15, -0.1) is 0 Å². The summed E-state index contributed by atoms with van der Waals surface area (Å²) >= 11 is 6.13. The highest BCUT2D eigenvalue weighted by Gasteiger charge is 2.32. The second-order valence-electron chi connectivity index (χ2n) is 7.48. The lowest BCUT2D eigenvalue weighted by atomic mass is 10.1. The number of ether oxygens (including phenoxy) is 2. The van der Waals surface area contributed by atoms with Gasteiger partial charge in [-0.2, -0.15) is 5.26 Å². The summed E-state index contributed by atoms with van der Waals surface area (Å²) in [6.07, 6.45) is 2.04. The Morgan fingerprint density at radius 2 is 2.03 bits per heavy atom. The van der Waals surface area contributed by atoms with E-state index in [9.17, 15) is 23.6 Å². The number of aromatic carboxylic acids is 1. The van der Waals surface area contributed by atoms with Gasteiger partial charge in [-0.05, 0) is 42.5 Å². The van der Waals surface area contributed by atoms with E-state index in [-0.39, 0.29) is 44.5 Å². The van der Waals surface area contributed by atoms with E-state index in [1.54, 1.807) is 6.07 Å². The molecule has 2 aliphatic rings. The summed E-state index contributed by atoms with van der Waals surface area (Å²) in [7, 11) is -4.18. The molecule has 1 saturated heterocycles. The zero-order valence-electron chi connectivity index (χ0n) is 16.3. The minimum absolute atomic E-state index is 0.0512. The van der Waals surface area contributed by atoms with Crippen molar-refractivity contribution in [3.63, 3.8) is 0 Å². The molecule has 1 aliphatic heterocycles. The molecule has 2 aromatic rings. The lowest BCUT2D eigenvalue weighted by Gasteiger charge is -2.19. The van der Waals surface area contributed by atoms with E-state index in [0.29, 0.717) is 25.2 Å². The predicted molar refractivity (Wildman–Crippen MR) is 112 cm³/mol. The molecule has 0 bridgehead atoms. The number of nitriles is 1. The van der Waals surface area contributed by atoms with Crippen LogP contribution >= 0.6 is 11.6 Å². The first kappa shape index (κ1) is 21.4. The Morgan fingerprint density at radius 1 is 1.26 bits per heavy atom. The molecule has 31 heavy (non-hydrogen) atoms. The number of nitrogens with one attached hydrogen (secondary N) is 1. The molecule has 10 heteroatoms. The average molecular weight is 463 g/mol. The first-order valence-electron chi connectivity index (χ1n) is 9.66. The van der Waals surface area contributed by atoms with E-state index >= 15 is 0 Å². The van der Waals surface area contributed by atoms with Crippen LogP contribution in [0.15, 0.2) is 35.2 Å². The average Bonchev–Trinajstić information content (AvgIpc) is 3.46. The standard InChI is InChI=1S/C21H19ClN2O6S/c22-17-9-19(30-15-5-6-29-11-15)18(7-14(17)10-23)24-31(27,28)20-8-13(21(25)26)3-4-16(20)12-1-2-12/h3-4,7-9,12,15,24H,1-2,5-6,11H2,(H,25,26)/t15-/m1/s1. The highest BCUT2D eigenvalue weighted by Crippen LogP contribution is 2.44. The van der Waals surface area contributed by atoms with Crippen LogP contribution in [0.25, 0.3) is 0 Å². The molecule has 0 amide bonds. The Morgan fingerprint density at radius 3 is 2.65 bits per heavy atom. The van der Waals surface area contributed by atoms with E-state index in [1.165, 1.54) is 18.2 Å². The molecule has 162 valence electrons. The summed E-state index contributed by atoms with van der Waals surface area (Å²) in [6, 6.07) is 8.73. The first-order chi connectivity index (χ1) is 14.8. The summed E-state index contributed by atoms with van der Waals surface area (Å²) in [5.41, 5.74) is 0.572. The van der Waals surface area contributed by atoms with E-state index in [1.807, 2.05) is 6.07 Å². The maximum absolute atomic E-state index is 13.3. The van der Waals surface area contributed by atoms with Gasteiger partial charge in [0.15, 0.2) is 0 Å². The molecule has 2 N–H and O–H groups in total. The van der Waals surface area contributed by atoms with Gasteiger partial charge in [-0.1, -0.05) is 17.7 Å². The van der Waals surface area contributed by atoms with Gasteiger partial charge in [0.25, 0.3) is 10.0 Å². The molecule has 8 nitrogen and oxygen atoms in total. The van der Waals surface area contributed by atoms with Gasteiger partial charge < -0.3 is 14.6 Å². The minimum atomic E-state index is -4.18. The second kappa shape index (κ2) is 8.38. The number of benzene rings is 2. The fourth-order valence-electron chi connectivity index (χ4n) is 3.43. The number of anilines is 1. The summed E-state index contributed by atoms with van der Waals surface area (Å²) in [4.78, 5) is 11.3. The van der Waals surface area contributed by atoms with Crippen molar-refractivity contribution in [3.05, 3.63) is 52.0 Å². The van der Waals surface area contributed by atoms with Crippen molar-refractivity contribution in [1.82, 2.24) is 0 Å². The number of rotatable bonds is 7. The van der Waals surface area contributed by atoms with Crippen molar-refractivity contribution in [1.29, 1.82) is 5.26 Å². The zero-order valence-corrected chi connectivity index (χ0v) is 17.9. The van der Waals surface area contributed by atoms with Crippen LogP contribution in [0.1, 0.15) is 46.7 Å². The molecular formula is C21H19ClN2O6S. The number of carbonyl (C=O) groups is 1. The first-order valence-corrected chi connectivity index (χ1v) is 11.5. The second-order valence-corrected chi connectivity index (χ2v) is 9.54. The topological polar surface area (TPSA) is 126 Å². The lowest BCUT2D eigenvalue weighted by Crippen LogP contribution is -2.20. The van der Waals surface area contributed by atoms with Gasteiger partial charge in [-0.25, -0.2) is 13.2 Å². The van der Waals surface area contributed by atoms with Crippen molar-refractivity contribution < 1.29 is 27.8 Å². The Balaban J connectivity index is 1.75. The van der Waals surface area contributed by atoms with Crippen molar-refractivity contribution in [2.75, 3.05) is 17.9 Å². The van der Waals surface area contributed by atoms with Gasteiger partial charge in [0.1, 0.15) is 17.9 Å². The third kappa shape index (κ3) is 4.61. The molecule has 2 aromatic carbocycles. The number of halogens is 1. The number of carboxylic acid groups (broad SMARTS) is 1. The molecule has 1 saturated carbocycles. The van der Waals surface area contributed by atoms with Crippen LogP contribution in [0.3, 0.4) is 0 Å². The monoisotopic (exact) mass is 462 g/mol. The van der Waals surface area contributed by atoms with E-state index in [2.05, 4.69) is 4.72 Å². The van der Waals surface area contributed by atoms with Crippen LogP contribution in [0.4, 0.5) is 5.69 Å². The fourth-order valence-corrected chi connectivity index (χ4v) is 5.02. The summed E-state index contributed by atoms with van der Waals surface area (Å²) in [5, 5.41) is 18.8. The van der Waals surface area contributed by atoms with Crippen LogP contribution in [0.2, 0.25) is 5.02 Å². The van der Waals surface area contributed by atoms with Crippen molar-refractivity contribution in [2.45, 2.75) is 36.2 Å². The molecule has 0 unspecified atom stereocenters. The quantitative estimate of drug-likeness (QED) is 0.641. The SMILES string of the molecule is N#Cc1cc(NS(=O)(=O)c2cc(C(=O)O)ccc2C2CC2)c(O[C@@H]2CCOC2)cc1Cl. The highest BCUT2D eigenvalue weighted by molar-refractivity contribution is 7.92. The van der Waals surface area contributed by atoms with E-state index in [0.717, 1.165) is 18.9 Å². The molecule has 0 spiro atoms. The number of hydrogen-bond acceptors (Lipinski definition) is 6. The number of carboxylic acids is 1. The number of sulfonamides is 1. The van der Waals surface area contributed by atoms with Crippen molar-refractivity contribution >= 4 is 33.3 Å². The molecule has 0 radical (unpaired) electrons. The normalized spacial score (nSPS) is 18.4. The lowest BCUT2D eigenvalue weighted by molar-refractivity contribution is 0.0696. The van der Waals surface area contributed by atoms with Crippen LogP contribution in [0, 0.1) is 11.3 Å². The van der Waals surface area contributed by atoms with Crippen LogP contribution in [-0.2, 0) is 14.8 Å². The molecule has 1 atom stereocenters. The summed E-state index contributed by atoms with van der Waals surface area (Å²) in [5.74, 6) is -0.978. The minimum Gasteiger partial charge on any atom is -0.486 e. The Kier molecular flexibility index (Phi) is 5.79. The van der Waals surface area contributed by atoms with Crippen molar-refractivity contribution in [3.8, 4) is 11.8 Å². The van der Waals surface area contributed by atoms with E-state index in [4.69, 9.17) is 21.1 Å². The molecule has 1 heterocycles. The van der Waals surface area contributed by atoms with Gasteiger partial charge in [0, 0.05) is 12.5 Å². The fraction of sp³-hybridized carbons (Fsp3) is 0.333. The smallest absolute Gasteiger partial charge is 0.335 e. The third-order valence-electron chi connectivity index (χ3n) is 5.18. The maximum Gasteiger partial charge on any atom is 0.335 e. The van der Waals surface area contributed by atoms with Crippen LogP contribution in [0.5, 0.6) is 5.75 Å². The van der Waals surface area contributed by atoms with E-state index < -0.39 is 16.0 Å². The molecule has 2 fully saturated rings. The van der Waals surface area contributed by atoms with Crippen LogP contribution in [-0.4, -0.2) is 38.8 Å². The maximum atomic E-state index is 13.3. The Bertz CT molecular complexity index is 1180. The van der Waals surface area contributed by atoms with Gasteiger partial charge in [-0.3, -0.25) is 4.72 Å². The summed E-state index contributed by atoms with van der Waals surface area (Å²) < 4.78 is 40.3. The highest BCUT2D eigenvalue weighted by atomic mass is 35.5. The van der Waals surface area contributed by atoms with Gasteiger partial charge in [0.2, 0.25) is 0 Å². The van der Waals surface area contributed by atoms with Gasteiger partial charge >= 0.3 is 5.97 Å². The summed E-state index contributed by atoms with van der Waals surface area (Å²) in [6.45, 7) is 0.888. The number of nitrogens with zero attached hydrogens (tertiary/aromatic N) is 1. The molecular weight excluding hydrogens is 444 g/mol. The predicted octanol–water partition coefficient (Wildman–Crippen LogP) is 3.76. The Hall–Kier alpha value is -2.80. The largest absolute Gasteiger partial charge is 0.486 e. The van der Waals surface area contributed by atoms with Gasteiger partial charge in [0.05, 0.1) is 39.9 Å². The van der Waals surface area contributed by atoms with Crippen LogP contribution < -0.4 is 9.46 Å². The van der Waals surface area contributed by atoms with Crippen molar-refractivity contribution in [2.24, 2.45) is 0 Å². The molecule has 1 aliphatic carbocycles.